The smallest absolute Gasteiger partial charge is 0.351 e. The lowest BCUT2D eigenvalue weighted by molar-refractivity contribution is 0.0537. The Morgan fingerprint density at radius 1 is 1.67 bits per heavy atom. The number of thiazole rings is 1. The van der Waals surface area contributed by atoms with Gasteiger partial charge in [0.2, 0.25) is 0 Å². The molecule has 1 saturated heterocycles. The van der Waals surface area contributed by atoms with Crippen LogP contribution in [0.5, 0.6) is 0 Å². The predicted molar refractivity (Wildman–Crippen MR) is 70.5 cm³/mol. The van der Waals surface area contributed by atoms with Crippen LogP contribution in [0.4, 0.5) is 5.13 Å². The second-order valence-corrected chi connectivity index (χ2v) is 5.58. The van der Waals surface area contributed by atoms with Gasteiger partial charge in [-0.15, -0.1) is 0 Å². The normalized spacial score (nSPS) is 23.7. The van der Waals surface area contributed by atoms with E-state index in [0.29, 0.717) is 22.0 Å². The number of nitrogens with one attached hydrogen (secondary N) is 1. The summed E-state index contributed by atoms with van der Waals surface area (Å²) in [5.74, 6) is -0.0476. The predicted octanol–water partition coefficient (Wildman–Crippen LogP) is 2.42. The van der Waals surface area contributed by atoms with E-state index in [4.69, 9.17) is 16.3 Å². The fourth-order valence-corrected chi connectivity index (χ4v) is 3.00. The van der Waals surface area contributed by atoms with Gasteiger partial charge in [-0.1, -0.05) is 29.9 Å². The molecule has 7 heteroatoms. The summed E-state index contributed by atoms with van der Waals surface area (Å²) in [6.45, 7) is 3.60. The van der Waals surface area contributed by atoms with E-state index in [1.54, 1.807) is 0 Å². The molecule has 0 radical (unpaired) electrons. The molecular weight excluding hydrogens is 276 g/mol. The Labute approximate surface area is 114 Å². The van der Waals surface area contributed by atoms with E-state index in [0.717, 1.165) is 19.6 Å². The zero-order chi connectivity index (χ0) is 13.1. The van der Waals surface area contributed by atoms with Crippen LogP contribution in [0.2, 0.25) is 5.15 Å². The number of hydrogen-bond donors (Lipinski definition) is 1. The number of ether oxygens (including phenoxy) is 2. The van der Waals surface area contributed by atoms with Gasteiger partial charge in [0, 0.05) is 12.6 Å². The van der Waals surface area contributed by atoms with Gasteiger partial charge in [-0.3, -0.25) is 0 Å². The molecule has 1 aliphatic rings. The summed E-state index contributed by atoms with van der Waals surface area (Å²) < 4.78 is 10.0. The third-order valence-electron chi connectivity index (χ3n) is 2.91. The molecule has 0 aromatic carbocycles. The van der Waals surface area contributed by atoms with Crippen molar-refractivity contribution in [3.8, 4) is 0 Å². The molecule has 5 nitrogen and oxygen atoms in total. The molecule has 2 unspecified atom stereocenters. The van der Waals surface area contributed by atoms with Crippen molar-refractivity contribution in [3.05, 3.63) is 10.0 Å². The van der Waals surface area contributed by atoms with Crippen LogP contribution < -0.4 is 5.32 Å². The zero-order valence-electron chi connectivity index (χ0n) is 10.2. The highest BCUT2D eigenvalue weighted by molar-refractivity contribution is 7.18. The molecule has 0 aliphatic carbocycles. The van der Waals surface area contributed by atoms with Crippen LogP contribution in [0.1, 0.15) is 23.0 Å². The Bertz CT molecular complexity index is 438. The first kappa shape index (κ1) is 13.6. The van der Waals surface area contributed by atoms with Crippen LogP contribution in [0.15, 0.2) is 0 Å². The van der Waals surface area contributed by atoms with Crippen molar-refractivity contribution in [3.63, 3.8) is 0 Å². The number of esters is 1. The first-order chi connectivity index (χ1) is 8.61. The molecule has 18 heavy (non-hydrogen) atoms. The molecule has 2 rings (SSSR count). The quantitative estimate of drug-likeness (QED) is 0.866. The van der Waals surface area contributed by atoms with Crippen molar-refractivity contribution in [1.82, 2.24) is 4.98 Å². The van der Waals surface area contributed by atoms with Crippen molar-refractivity contribution in [1.29, 1.82) is 0 Å². The minimum atomic E-state index is -0.453. The molecule has 2 atom stereocenters. The van der Waals surface area contributed by atoms with Gasteiger partial charge in [0.15, 0.2) is 15.2 Å². The van der Waals surface area contributed by atoms with E-state index >= 15 is 0 Å². The molecule has 1 aliphatic heterocycles. The lowest BCUT2D eigenvalue weighted by Crippen LogP contribution is -2.35. The topological polar surface area (TPSA) is 60.5 Å². The van der Waals surface area contributed by atoms with Crippen LogP contribution in [-0.4, -0.2) is 37.3 Å². The van der Waals surface area contributed by atoms with Crippen LogP contribution in [0.3, 0.4) is 0 Å². The Kier molecular flexibility index (Phi) is 4.42. The van der Waals surface area contributed by atoms with Gasteiger partial charge in [0.1, 0.15) is 0 Å². The van der Waals surface area contributed by atoms with Crippen molar-refractivity contribution < 1.29 is 14.3 Å². The SMILES string of the molecule is COC(=O)c1sc(NC2CCOCC2C)nc1Cl. The summed E-state index contributed by atoms with van der Waals surface area (Å²) in [7, 11) is 1.33. The van der Waals surface area contributed by atoms with Gasteiger partial charge >= 0.3 is 5.97 Å². The highest BCUT2D eigenvalue weighted by Gasteiger charge is 2.24. The fourth-order valence-electron chi connectivity index (χ4n) is 1.84. The van der Waals surface area contributed by atoms with Gasteiger partial charge in [-0.2, -0.15) is 0 Å². The van der Waals surface area contributed by atoms with Crippen LogP contribution in [-0.2, 0) is 9.47 Å². The maximum absolute atomic E-state index is 11.4. The summed E-state index contributed by atoms with van der Waals surface area (Å²) >= 11 is 7.12. The van der Waals surface area contributed by atoms with E-state index < -0.39 is 5.97 Å². The van der Waals surface area contributed by atoms with Gasteiger partial charge in [0.25, 0.3) is 0 Å². The molecular formula is C11H15ClN2O3S. The molecule has 100 valence electrons. The summed E-state index contributed by atoms with van der Waals surface area (Å²) in [5.41, 5.74) is 0. The average molecular weight is 291 g/mol. The molecule has 1 fully saturated rings. The monoisotopic (exact) mass is 290 g/mol. The number of anilines is 1. The number of methoxy groups -OCH3 is 1. The van der Waals surface area contributed by atoms with E-state index in [1.165, 1.54) is 18.4 Å². The van der Waals surface area contributed by atoms with Crippen molar-refractivity contribution >= 4 is 34.0 Å². The van der Waals surface area contributed by atoms with E-state index in [9.17, 15) is 4.79 Å². The number of carbonyl (C=O) groups excluding carboxylic acids is 1. The maximum atomic E-state index is 11.4. The Balaban J connectivity index is 2.07. The van der Waals surface area contributed by atoms with Crippen molar-refractivity contribution in [2.75, 3.05) is 25.6 Å². The third kappa shape index (κ3) is 2.93. The first-order valence-corrected chi connectivity index (χ1v) is 6.90. The molecule has 1 aromatic rings. The van der Waals surface area contributed by atoms with Gasteiger partial charge in [0.05, 0.1) is 13.7 Å². The van der Waals surface area contributed by atoms with E-state index in [2.05, 4.69) is 22.0 Å². The zero-order valence-corrected chi connectivity index (χ0v) is 11.8. The molecule has 0 spiro atoms. The highest BCUT2D eigenvalue weighted by atomic mass is 35.5. The Morgan fingerprint density at radius 3 is 3.11 bits per heavy atom. The van der Waals surface area contributed by atoms with Crippen molar-refractivity contribution in [2.24, 2.45) is 5.92 Å². The lowest BCUT2D eigenvalue weighted by Gasteiger charge is -2.29. The second kappa shape index (κ2) is 5.86. The summed E-state index contributed by atoms with van der Waals surface area (Å²) in [4.78, 5) is 15.9. The van der Waals surface area contributed by atoms with Crippen LogP contribution in [0.25, 0.3) is 0 Å². The molecule has 1 N–H and O–H groups in total. The first-order valence-electron chi connectivity index (χ1n) is 5.70. The summed E-state index contributed by atoms with van der Waals surface area (Å²) in [5, 5.41) is 4.15. The Hall–Kier alpha value is -0.850. The van der Waals surface area contributed by atoms with Gasteiger partial charge in [-0.25, -0.2) is 9.78 Å². The number of aromatic nitrogens is 1. The summed E-state index contributed by atoms with van der Waals surface area (Å²) in [6, 6.07) is 0.298. The molecule has 1 aromatic heterocycles. The molecule has 0 bridgehead atoms. The standard InChI is InChI=1S/C11H15ClN2O3S/c1-6-5-17-4-3-7(6)13-11-14-9(12)8(18-11)10(15)16-2/h6-7H,3-5H2,1-2H3,(H,13,14). The van der Waals surface area contributed by atoms with E-state index in [1.807, 2.05) is 0 Å². The molecule has 2 heterocycles. The molecule has 0 amide bonds. The Morgan fingerprint density at radius 2 is 2.44 bits per heavy atom. The number of rotatable bonds is 3. The van der Waals surface area contributed by atoms with Crippen LogP contribution >= 0.6 is 22.9 Å². The van der Waals surface area contributed by atoms with Crippen molar-refractivity contribution in [2.45, 2.75) is 19.4 Å². The number of halogens is 1. The average Bonchev–Trinajstić information content (AvgIpc) is 2.72. The maximum Gasteiger partial charge on any atom is 0.351 e. The summed E-state index contributed by atoms with van der Waals surface area (Å²) in [6.07, 6.45) is 0.923. The van der Waals surface area contributed by atoms with E-state index in [-0.39, 0.29) is 5.15 Å². The van der Waals surface area contributed by atoms with Crippen LogP contribution in [0, 0.1) is 5.92 Å². The lowest BCUT2D eigenvalue weighted by atomic mass is 9.98. The minimum absolute atomic E-state index is 0.189. The number of nitrogens with zero attached hydrogens (tertiary/aromatic N) is 1. The second-order valence-electron chi connectivity index (χ2n) is 4.22. The number of carbonyl (C=O) groups is 1. The van der Waals surface area contributed by atoms with Gasteiger partial charge in [-0.05, 0) is 12.3 Å². The molecule has 0 saturated carbocycles. The minimum Gasteiger partial charge on any atom is -0.465 e. The highest BCUT2D eigenvalue weighted by Crippen LogP contribution is 2.29. The van der Waals surface area contributed by atoms with Gasteiger partial charge < -0.3 is 14.8 Å². The third-order valence-corrected chi connectivity index (χ3v) is 4.26. The largest absolute Gasteiger partial charge is 0.465 e. The number of hydrogen-bond acceptors (Lipinski definition) is 6. The fraction of sp³-hybridized carbons (Fsp3) is 0.636.